The maximum absolute atomic E-state index is 9.46. The van der Waals surface area contributed by atoms with Crippen molar-refractivity contribution in [2.24, 2.45) is 5.16 Å². The maximum atomic E-state index is 9.46. The lowest BCUT2D eigenvalue weighted by molar-refractivity contribution is 0.269. The molecule has 1 aliphatic rings. The van der Waals surface area contributed by atoms with Crippen molar-refractivity contribution in [2.75, 3.05) is 0 Å². The van der Waals surface area contributed by atoms with E-state index in [0.717, 1.165) is 18.4 Å². The van der Waals surface area contributed by atoms with E-state index in [4.69, 9.17) is 5.21 Å². The van der Waals surface area contributed by atoms with Gasteiger partial charge in [0.1, 0.15) is 11.8 Å². The molecule has 0 bridgehead atoms. The van der Waals surface area contributed by atoms with Crippen molar-refractivity contribution in [1.29, 1.82) is 0 Å². The van der Waals surface area contributed by atoms with Crippen LogP contribution < -0.4 is 0 Å². The van der Waals surface area contributed by atoms with Gasteiger partial charge in [-0.3, -0.25) is 0 Å². The molecule has 18 heavy (non-hydrogen) atoms. The molecule has 1 atom stereocenters. The van der Waals surface area contributed by atoms with Crippen molar-refractivity contribution < 1.29 is 10.3 Å². The molecule has 1 rings (SSSR count). The van der Waals surface area contributed by atoms with Crippen LogP contribution in [0.2, 0.25) is 0 Å². The van der Waals surface area contributed by atoms with Gasteiger partial charge in [-0.15, -0.1) is 0 Å². The average molecular weight is 251 g/mol. The largest absolute Gasteiger partial charge is 0.411 e. The van der Waals surface area contributed by atoms with Crippen molar-refractivity contribution in [1.82, 2.24) is 0 Å². The highest BCUT2D eigenvalue weighted by atomic mass is 16.4. The molecule has 0 amide bonds. The van der Waals surface area contributed by atoms with E-state index in [-0.39, 0.29) is 0 Å². The smallest absolute Gasteiger partial charge is 0.118 e. The third kappa shape index (κ3) is 5.50. The van der Waals surface area contributed by atoms with Gasteiger partial charge in [0.2, 0.25) is 0 Å². The lowest BCUT2D eigenvalue weighted by Crippen LogP contribution is -2.18. The molecule has 1 aliphatic carbocycles. The molecule has 0 aromatic carbocycles. The first kappa shape index (κ1) is 15.0. The third-order valence-electron chi connectivity index (χ3n) is 3.31. The molecule has 0 radical (unpaired) electrons. The summed E-state index contributed by atoms with van der Waals surface area (Å²) in [5.74, 6) is 0. The Morgan fingerprint density at radius 1 is 1.11 bits per heavy atom. The normalized spacial score (nSPS) is 21.3. The minimum Gasteiger partial charge on any atom is -0.411 e. The second-order valence-corrected chi connectivity index (χ2v) is 4.92. The SMILES string of the molecule is CCCCCCCCCC1=CC(=NO)C(O)C=C1. The zero-order chi connectivity index (χ0) is 13.2. The predicted molar refractivity (Wildman–Crippen MR) is 75.1 cm³/mol. The van der Waals surface area contributed by atoms with Gasteiger partial charge in [0.15, 0.2) is 0 Å². The summed E-state index contributed by atoms with van der Waals surface area (Å²) in [7, 11) is 0. The average Bonchev–Trinajstić information content (AvgIpc) is 2.39. The minimum atomic E-state index is -0.757. The number of hydrogen-bond acceptors (Lipinski definition) is 3. The number of oxime groups is 1. The van der Waals surface area contributed by atoms with Crippen molar-refractivity contribution in [3.63, 3.8) is 0 Å². The Bertz CT molecular complexity index is 318. The number of rotatable bonds is 8. The Labute approximate surface area is 110 Å². The number of nitrogens with zero attached hydrogens (tertiary/aromatic N) is 1. The first-order valence-electron chi connectivity index (χ1n) is 7.06. The van der Waals surface area contributed by atoms with Crippen molar-refractivity contribution in [3.05, 3.63) is 23.8 Å². The molecule has 2 N–H and O–H groups in total. The molecular weight excluding hydrogens is 226 g/mol. The van der Waals surface area contributed by atoms with Crippen LogP contribution in [0.4, 0.5) is 0 Å². The van der Waals surface area contributed by atoms with E-state index in [1.54, 1.807) is 12.2 Å². The van der Waals surface area contributed by atoms with Gasteiger partial charge >= 0.3 is 0 Å². The molecule has 0 aliphatic heterocycles. The molecule has 3 heteroatoms. The van der Waals surface area contributed by atoms with Gasteiger partial charge in [-0.25, -0.2) is 0 Å². The summed E-state index contributed by atoms with van der Waals surface area (Å²) in [6, 6.07) is 0. The highest BCUT2D eigenvalue weighted by Gasteiger charge is 2.12. The summed E-state index contributed by atoms with van der Waals surface area (Å²) in [6.07, 6.45) is 14.7. The number of aliphatic hydroxyl groups excluding tert-OH is 1. The van der Waals surface area contributed by atoms with E-state index in [9.17, 15) is 5.11 Å². The van der Waals surface area contributed by atoms with Crippen LogP contribution in [0.25, 0.3) is 0 Å². The Morgan fingerprint density at radius 2 is 1.78 bits per heavy atom. The molecule has 102 valence electrons. The van der Waals surface area contributed by atoms with E-state index in [0.29, 0.717) is 5.71 Å². The lowest BCUT2D eigenvalue weighted by atomic mass is 9.98. The van der Waals surface area contributed by atoms with E-state index in [2.05, 4.69) is 12.1 Å². The van der Waals surface area contributed by atoms with Gasteiger partial charge in [-0.2, -0.15) is 0 Å². The van der Waals surface area contributed by atoms with Gasteiger partial charge in [0.05, 0.1) is 0 Å². The summed E-state index contributed by atoms with van der Waals surface area (Å²) in [4.78, 5) is 0. The Kier molecular flexibility index (Phi) is 7.42. The monoisotopic (exact) mass is 251 g/mol. The Morgan fingerprint density at radius 3 is 2.44 bits per heavy atom. The summed E-state index contributed by atoms with van der Waals surface area (Å²) in [5.41, 5.74) is 1.48. The van der Waals surface area contributed by atoms with Crippen molar-refractivity contribution >= 4 is 5.71 Å². The highest BCUT2D eigenvalue weighted by Crippen LogP contribution is 2.17. The van der Waals surface area contributed by atoms with Crippen LogP contribution >= 0.6 is 0 Å². The number of aliphatic hydroxyl groups is 1. The second-order valence-electron chi connectivity index (χ2n) is 4.92. The van der Waals surface area contributed by atoms with Gasteiger partial charge in [0, 0.05) is 0 Å². The predicted octanol–water partition coefficient (Wildman–Crippen LogP) is 3.81. The van der Waals surface area contributed by atoms with Crippen LogP contribution in [-0.4, -0.2) is 22.1 Å². The summed E-state index contributed by atoms with van der Waals surface area (Å²) < 4.78 is 0. The summed E-state index contributed by atoms with van der Waals surface area (Å²) in [6.45, 7) is 2.23. The molecule has 0 heterocycles. The van der Waals surface area contributed by atoms with Crippen molar-refractivity contribution in [3.8, 4) is 0 Å². The molecule has 0 saturated heterocycles. The van der Waals surface area contributed by atoms with E-state index >= 15 is 0 Å². The van der Waals surface area contributed by atoms with Crippen LogP contribution in [0.1, 0.15) is 58.3 Å². The Hall–Kier alpha value is -1.09. The number of unbranched alkanes of at least 4 members (excludes halogenated alkanes) is 6. The quantitative estimate of drug-likeness (QED) is 0.391. The molecule has 0 aromatic rings. The summed E-state index contributed by atoms with van der Waals surface area (Å²) in [5, 5.41) is 21.3. The Balaban J connectivity index is 2.14. The number of hydrogen-bond donors (Lipinski definition) is 2. The molecular formula is C15H25NO2. The standard InChI is InChI=1S/C15H25NO2/c1-2-3-4-5-6-7-8-9-13-10-11-15(17)14(12-13)16-18/h10-12,15,17-18H,2-9H2,1H3. The van der Waals surface area contributed by atoms with E-state index < -0.39 is 6.10 Å². The first-order valence-corrected chi connectivity index (χ1v) is 7.06. The highest BCUT2D eigenvalue weighted by molar-refractivity contribution is 6.01. The topological polar surface area (TPSA) is 52.8 Å². The van der Waals surface area contributed by atoms with Crippen molar-refractivity contribution in [2.45, 2.75) is 64.4 Å². The third-order valence-corrected chi connectivity index (χ3v) is 3.31. The fraction of sp³-hybridized carbons (Fsp3) is 0.667. The van der Waals surface area contributed by atoms with Gasteiger partial charge in [-0.1, -0.05) is 56.7 Å². The van der Waals surface area contributed by atoms with Crippen LogP contribution in [-0.2, 0) is 0 Å². The molecule has 0 saturated carbocycles. The molecule has 0 spiro atoms. The van der Waals surface area contributed by atoms with Gasteiger partial charge < -0.3 is 10.3 Å². The zero-order valence-electron chi connectivity index (χ0n) is 11.3. The van der Waals surface area contributed by atoms with Crippen LogP contribution in [0.3, 0.4) is 0 Å². The van der Waals surface area contributed by atoms with E-state index in [1.807, 2.05) is 6.08 Å². The van der Waals surface area contributed by atoms with E-state index in [1.165, 1.54) is 38.5 Å². The second kappa shape index (κ2) is 8.92. The van der Waals surface area contributed by atoms with Gasteiger partial charge in [-0.05, 0) is 30.6 Å². The fourth-order valence-corrected chi connectivity index (χ4v) is 2.17. The molecule has 1 unspecified atom stereocenters. The number of allylic oxidation sites excluding steroid dienone is 2. The zero-order valence-corrected chi connectivity index (χ0v) is 11.3. The minimum absolute atomic E-state index is 0.343. The fourth-order valence-electron chi connectivity index (χ4n) is 2.17. The maximum Gasteiger partial charge on any atom is 0.118 e. The van der Waals surface area contributed by atoms with Crippen LogP contribution in [0.15, 0.2) is 29.0 Å². The first-order chi connectivity index (χ1) is 8.77. The summed E-state index contributed by atoms with van der Waals surface area (Å²) >= 11 is 0. The lowest BCUT2D eigenvalue weighted by Gasteiger charge is -2.12. The molecule has 0 aromatic heterocycles. The van der Waals surface area contributed by atoms with Crippen LogP contribution in [0.5, 0.6) is 0 Å². The van der Waals surface area contributed by atoms with Gasteiger partial charge in [0.25, 0.3) is 0 Å². The molecule has 0 fully saturated rings. The molecule has 3 nitrogen and oxygen atoms in total. The van der Waals surface area contributed by atoms with Crippen LogP contribution in [0, 0.1) is 0 Å².